The Labute approximate surface area is 160 Å². The molecule has 1 N–H and O–H groups in total. The summed E-state index contributed by atoms with van der Waals surface area (Å²) in [6.45, 7) is 2.95. The Morgan fingerprint density at radius 3 is 2.93 bits per heavy atom. The van der Waals surface area contributed by atoms with Crippen LogP contribution in [0.25, 0.3) is 11.0 Å². The molecular formula is C19H19N5O2S. The van der Waals surface area contributed by atoms with Gasteiger partial charge in [0.15, 0.2) is 5.78 Å². The number of ketones is 1. The summed E-state index contributed by atoms with van der Waals surface area (Å²) in [5.74, 6) is -0.229. The largest absolute Gasteiger partial charge is 0.324 e. The van der Waals surface area contributed by atoms with Crippen LogP contribution in [0.2, 0.25) is 0 Å². The number of rotatable bonds is 3. The number of hydrogen-bond acceptors (Lipinski definition) is 6. The molecule has 4 rings (SSSR count). The third-order valence-corrected chi connectivity index (χ3v) is 5.41. The molecule has 1 aromatic carbocycles. The molecule has 27 heavy (non-hydrogen) atoms. The van der Waals surface area contributed by atoms with Crippen LogP contribution in [0.5, 0.6) is 0 Å². The molecule has 0 unspecified atom stereocenters. The van der Waals surface area contributed by atoms with Crippen LogP contribution in [0, 0.1) is 12.8 Å². The molecular weight excluding hydrogens is 362 g/mol. The normalized spacial score (nSPS) is 17.1. The third-order valence-electron chi connectivity index (χ3n) is 4.86. The smallest absolute Gasteiger partial charge is 0.321 e. The van der Waals surface area contributed by atoms with E-state index in [9.17, 15) is 9.59 Å². The minimum Gasteiger partial charge on any atom is -0.324 e. The number of fused-ring (bicyclic) bond motifs is 1. The second kappa shape index (κ2) is 7.40. The summed E-state index contributed by atoms with van der Waals surface area (Å²) in [5.41, 5.74) is 3.54. The highest BCUT2D eigenvalue weighted by atomic mass is 32.1. The van der Waals surface area contributed by atoms with E-state index in [-0.39, 0.29) is 17.7 Å². The Balaban J connectivity index is 1.49. The maximum Gasteiger partial charge on any atom is 0.321 e. The van der Waals surface area contributed by atoms with Crippen LogP contribution in [-0.2, 0) is 0 Å². The van der Waals surface area contributed by atoms with Gasteiger partial charge in [-0.1, -0.05) is 12.1 Å². The predicted octanol–water partition coefficient (Wildman–Crippen LogP) is 3.52. The third kappa shape index (κ3) is 3.52. The van der Waals surface area contributed by atoms with Crippen LogP contribution in [0.1, 0.15) is 28.9 Å². The topological polar surface area (TPSA) is 88.1 Å². The van der Waals surface area contributed by atoms with Crippen molar-refractivity contribution in [3.05, 3.63) is 47.8 Å². The first kappa shape index (κ1) is 17.5. The van der Waals surface area contributed by atoms with Gasteiger partial charge in [0.1, 0.15) is 16.7 Å². The lowest BCUT2D eigenvalue weighted by molar-refractivity contribution is 0.0846. The summed E-state index contributed by atoms with van der Waals surface area (Å²) in [5, 5.41) is 2.97. The number of nitrogens with one attached hydrogen (secondary N) is 1. The molecule has 3 heterocycles. The number of aryl methyl sites for hydroxylation is 1. The van der Waals surface area contributed by atoms with E-state index in [2.05, 4.69) is 19.0 Å². The van der Waals surface area contributed by atoms with Crippen molar-refractivity contribution in [1.29, 1.82) is 0 Å². The number of nitrogens with zero attached hydrogens (tertiary/aromatic N) is 4. The fourth-order valence-corrected chi connectivity index (χ4v) is 3.93. The van der Waals surface area contributed by atoms with Gasteiger partial charge in [-0.25, -0.2) is 4.79 Å². The number of urea groups is 1. The first-order chi connectivity index (χ1) is 13.1. The van der Waals surface area contributed by atoms with Gasteiger partial charge in [0.2, 0.25) is 0 Å². The Morgan fingerprint density at radius 1 is 1.22 bits per heavy atom. The van der Waals surface area contributed by atoms with Gasteiger partial charge in [-0.15, -0.1) is 0 Å². The van der Waals surface area contributed by atoms with E-state index < -0.39 is 0 Å². The number of benzene rings is 1. The number of amides is 2. The number of carbonyl (C=O) groups excluding carboxylic acids is 2. The van der Waals surface area contributed by atoms with Gasteiger partial charge < -0.3 is 10.2 Å². The van der Waals surface area contributed by atoms with Crippen LogP contribution >= 0.6 is 11.7 Å². The first-order valence-corrected chi connectivity index (χ1v) is 9.59. The Kier molecular flexibility index (Phi) is 4.81. The lowest BCUT2D eigenvalue weighted by atomic mass is 9.92. The van der Waals surface area contributed by atoms with Gasteiger partial charge in [0, 0.05) is 25.2 Å². The molecule has 0 bridgehead atoms. The fourth-order valence-electron chi connectivity index (χ4n) is 3.39. The number of carbonyl (C=O) groups is 2. The van der Waals surface area contributed by atoms with Crippen molar-refractivity contribution in [1.82, 2.24) is 18.6 Å². The molecule has 2 amide bonds. The lowest BCUT2D eigenvalue weighted by Gasteiger charge is -2.32. The van der Waals surface area contributed by atoms with Crippen LogP contribution in [-0.4, -0.2) is 43.5 Å². The molecule has 1 aliphatic heterocycles. The molecule has 1 saturated heterocycles. The molecule has 1 fully saturated rings. The standard InChI is InChI=1S/C19H19N5O2S/c1-12-7-8-14-17(23-27-22-14)16(12)21-19(26)24-10-4-5-13(11-24)18(25)15-6-2-3-9-20-15/h2-3,6-9,13H,4-5,10-11H2,1H3,(H,21,26)/t13-/m1/s1. The highest BCUT2D eigenvalue weighted by Crippen LogP contribution is 2.27. The van der Waals surface area contributed by atoms with Gasteiger partial charge in [0.25, 0.3) is 0 Å². The number of Topliss-reactive ketones (excluding diaryl/α,β-unsaturated/α-hetero) is 1. The number of pyridine rings is 1. The number of hydrogen-bond donors (Lipinski definition) is 1. The first-order valence-electron chi connectivity index (χ1n) is 8.86. The van der Waals surface area contributed by atoms with Crippen molar-refractivity contribution in [2.24, 2.45) is 5.92 Å². The minimum absolute atomic E-state index is 0.00455. The van der Waals surface area contributed by atoms with E-state index in [0.717, 1.165) is 35.6 Å². The summed E-state index contributed by atoms with van der Waals surface area (Å²) in [6.07, 6.45) is 3.17. The van der Waals surface area contributed by atoms with Crippen LogP contribution in [0.4, 0.5) is 10.5 Å². The van der Waals surface area contributed by atoms with Crippen molar-refractivity contribution in [2.45, 2.75) is 19.8 Å². The van der Waals surface area contributed by atoms with E-state index in [1.54, 1.807) is 29.3 Å². The van der Waals surface area contributed by atoms with Gasteiger partial charge in [-0.05, 0) is 43.5 Å². The van der Waals surface area contributed by atoms with Gasteiger partial charge in [-0.3, -0.25) is 9.78 Å². The molecule has 0 radical (unpaired) electrons. The minimum atomic E-state index is -0.225. The zero-order chi connectivity index (χ0) is 18.8. The average Bonchev–Trinajstić information content (AvgIpc) is 3.19. The lowest BCUT2D eigenvalue weighted by Crippen LogP contribution is -2.44. The van der Waals surface area contributed by atoms with Crippen LogP contribution < -0.4 is 5.32 Å². The average molecular weight is 381 g/mol. The van der Waals surface area contributed by atoms with E-state index >= 15 is 0 Å². The highest BCUT2D eigenvalue weighted by Gasteiger charge is 2.30. The zero-order valence-electron chi connectivity index (χ0n) is 14.9. The number of aromatic nitrogens is 3. The summed E-state index contributed by atoms with van der Waals surface area (Å²) < 4.78 is 8.52. The van der Waals surface area contributed by atoms with E-state index in [0.29, 0.717) is 30.0 Å². The summed E-state index contributed by atoms with van der Waals surface area (Å²) in [4.78, 5) is 31.4. The van der Waals surface area contributed by atoms with Crippen molar-refractivity contribution in [3.63, 3.8) is 0 Å². The zero-order valence-corrected chi connectivity index (χ0v) is 15.7. The quantitative estimate of drug-likeness (QED) is 0.701. The van der Waals surface area contributed by atoms with Crippen LogP contribution in [0.3, 0.4) is 0 Å². The van der Waals surface area contributed by atoms with Crippen molar-refractivity contribution in [2.75, 3.05) is 18.4 Å². The molecule has 7 nitrogen and oxygen atoms in total. The highest BCUT2D eigenvalue weighted by molar-refractivity contribution is 7.00. The number of piperidine rings is 1. The van der Waals surface area contributed by atoms with E-state index in [1.807, 2.05) is 19.1 Å². The summed E-state index contributed by atoms with van der Waals surface area (Å²) in [7, 11) is 0. The van der Waals surface area contributed by atoms with Crippen molar-refractivity contribution >= 4 is 40.3 Å². The van der Waals surface area contributed by atoms with Crippen LogP contribution in [0.15, 0.2) is 36.5 Å². The Hall–Kier alpha value is -2.87. The molecule has 2 aromatic heterocycles. The molecule has 1 atom stereocenters. The molecule has 0 spiro atoms. The molecule has 138 valence electrons. The number of anilines is 1. The molecule has 3 aromatic rings. The van der Waals surface area contributed by atoms with Gasteiger partial charge in [-0.2, -0.15) is 8.75 Å². The summed E-state index contributed by atoms with van der Waals surface area (Å²) in [6, 6.07) is 8.92. The van der Waals surface area contributed by atoms with Crippen molar-refractivity contribution < 1.29 is 9.59 Å². The SMILES string of the molecule is Cc1ccc2nsnc2c1NC(=O)N1CCC[C@@H](C(=O)c2ccccn2)C1. The predicted molar refractivity (Wildman–Crippen MR) is 104 cm³/mol. The monoisotopic (exact) mass is 381 g/mol. The second-order valence-electron chi connectivity index (χ2n) is 6.68. The maximum atomic E-state index is 12.8. The Bertz CT molecular complexity index is 988. The van der Waals surface area contributed by atoms with Crippen molar-refractivity contribution in [3.8, 4) is 0 Å². The Morgan fingerprint density at radius 2 is 2.11 bits per heavy atom. The fraction of sp³-hybridized carbons (Fsp3) is 0.316. The summed E-state index contributed by atoms with van der Waals surface area (Å²) >= 11 is 1.12. The molecule has 1 aliphatic rings. The van der Waals surface area contributed by atoms with Gasteiger partial charge >= 0.3 is 6.03 Å². The van der Waals surface area contributed by atoms with E-state index in [4.69, 9.17) is 0 Å². The maximum absolute atomic E-state index is 12.8. The van der Waals surface area contributed by atoms with E-state index in [1.165, 1.54) is 0 Å². The second-order valence-corrected chi connectivity index (χ2v) is 7.21. The molecule has 0 saturated carbocycles. The molecule has 0 aliphatic carbocycles. The molecule has 8 heteroatoms. The number of likely N-dealkylation sites (tertiary alicyclic amines) is 1. The van der Waals surface area contributed by atoms with Gasteiger partial charge in [0.05, 0.1) is 17.4 Å².